The molecule has 1 amide bonds. The minimum atomic E-state index is -0.643. The molecule has 5 nitrogen and oxygen atoms in total. The standard InChI is InChI=1S/C15H24N4OS/c1-19-11-7-12(18-19)6-10-17-14(20)15(13(16)21)8-4-2-3-5-9-15/h7,11H,2-6,8-10H2,1H3,(H2,16,21)(H,17,20). The molecule has 1 aliphatic carbocycles. The predicted molar refractivity (Wildman–Crippen MR) is 86.8 cm³/mol. The molecule has 6 heteroatoms. The molecule has 0 atom stereocenters. The summed E-state index contributed by atoms with van der Waals surface area (Å²) in [6.45, 7) is 0.570. The van der Waals surface area contributed by atoms with Gasteiger partial charge in [-0.15, -0.1) is 0 Å². The fourth-order valence-electron chi connectivity index (χ4n) is 2.99. The van der Waals surface area contributed by atoms with Crippen LogP contribution in [0.4, 0.5) is 0 Å². The van der Waals surface area contributed by atoms with E-state index in [1.165, 1.54) is 0 Å². The summed E-state index contributed by atoms with van der Waals surface area (Å²) in [5.74, 6) is -0.00664. The van der Waals surface area contributed by atoms with Crippen molar-refractivity contribution in [3.8, 4) is 0 Å². The van der Waals surface area contributed by atoms with Crippen molar-refractivity contribution >= 4 is 23.1 Å². The normalized spacial score (nSPS) is 18.0. The van der Waals surface area contributed by atoms with Crippen LogP contribution in [0, 0.1) is 5.41 Å². The van der Waals surface area contributed by atoms with Gasteiger partial charge >= 0.3 is 0 Å². The van der Waals surface area contributed by atoms with Crippen molar-refractivity contribution in [3.05, 3.63) is 18.0 Å². The summed E-state index contributed by atoms with van der Waals surface area (Å²) in [4.78, 5) is 13.0. The van der Waals surface area contributed by atoms with E-state index in [-0.39, 0.29) is 5.91 Å². The number of amides is 1. The largest absolute Gasteiger partial charge is 0.392 e. The van der Waals surface area contributed by atoms with Gasteiger partial charge < -0.3 is 11.1 Å². The Morgan fingerprint density at radius 1 is 1.43 bits per heavy atom. The molecule has 1 heterocycles. The van der Waals surface area contributed by atoms with Crippen molar-refractivity contribution < 1.29 is 4.79 Å². The Balaban J connectivity index is 1.93. The first-order valence-electron chi connectivity index (χ1n) is 7.61. The molecule has 0 aliphatic heterocycles. The molecule has 116 valence electrons. The number of nitrogens with two attached hydrogens (primary N) is 1. The summed E-state index contributed by atoms with van der Waals surface area (Å²) in [5, 5.41) is 7.31. The van der Waals surface area contributed by atoms with Crippen LogP contribution in [0.5, 0.6) is 0 Å². The van der Waals surface area contributed by atoms with Crippen LogP contribution < -0.4 is 11.1 Å². The average Bonchev–Trinajstić information content (AvgIpc) is 2.72. The topological polar surface area (TPSA) is 72.9 Å². The molecular formula is C15H24N4OS. The minimum Gasteiger partial charge on any atom is -0.392 e. The highest BCUT2D eigenvalue weighted by Gasteiger charge is 2.41. The number of hydrogen-bond donors (Lipinski definition) is 2. The Bertz CT molecular complexity index is 504. The van der Waals surface area contributed by atoms with Crippen molar-refractivity contribution in [1.29, 1.82) is 0 Å². The van der Waals surface area contributed by atoms with Gasteiger partial charge in [0.2, 0.25) is 5.91 Å². The predicted octanol–water partition coefficient (Wildman–Crippen LogP) is 1.71. The van der Waals surface area contributed by atoms with Crippen LogP contribution in [0.3, 0.4) is 0 Å². The van der Waals surface area contributed by atoms with Crippen LogP contribution in [-0.2, 0) is 18.3 Å². The number of nitrogens with zero attached hydrogens (tertiary/aromatic N) is 2. The van der Waals surface area contributed by atoms with Gasteiger partial charge in [0.15, 0.2) is 0 Å². The monoisotopic (exact) mass is 308 g/mol. The Labute approximate surface area is 131 Å². The van der Waals surface area contributed by atoms with Gasteiger partial charge in [0, 0.05) is 26.2 Å². The zero-order chi connectivity index (χ0) is 15.3. The fraction of sp³-hybridized carbons (Fsp3) is 0.667. The first-order chi connectivity index (χ1) is 10.0. The molecule has 3 N–H and O–H groups in total. The van der Waals surface area contributed by atoms with Gasteiger partial charge in [0.05, 0.1) is 16.1 Å². The van der Waals surface area contributed by atoms with E-state index in [0.29, 0.717) is 11.5 Å². The quantitative estimate of drug-likeness (QED) is 0.641. The maximum Gasteiger partial charge on any atom is 0.233 e. The van der Waals surface area contributed by atoms with Crippen molar-refractivity contribution in [2.75, 3.05) is 6.54 Å². The number of thiocarbonyl (C=S) groups is 1. The third-order valence-corrected chi connectivity index (χ3v) is 4.69. The summed E-state index contributed by atoms with van der Waals surface area (Å²) in [6, 6.07) is 1.96. The summed E-state index contributed by atoms with van der Waals surface area (Å²) in [5.41, 5.74) is 6.25. The number of rotatable bonds is 5. The summed E-state index contributed by atoms with van der Waals surface area (Å²) < 4.78 is 1.76. The highest BCUT2D eigenvalue weighted by molar-refractivity contribution is 7.80. The summed E-state index contributed by atoms with van der Waals surface area (Å²) in [6.07, 6.45) is 8.53. The average molecular weight is 308 g/mol. The molecule has 0 unspecified atom stereocenters. The number of carbonyl (C=O) groups excluding carboxylic acids is 1. The molecule has 1 aliphatic rings. The summed E-state index contributed by atoms with van der Waals surface area (Å²) in [7, 11) is 1.88. The maximum atomic E-state index is 12.6. The van der Waals surface area contributed by atoms with E-state index in [2.05, 4.69) is 10.4 Å². The summed E-state index contributed by atoms with van der Waals surface area (Å²) >= 11 is 5.21. The van der Waals surface area contributed by atoms with Gasteiger partial charge in [-0.2, -0.15) is 5.10 Å². The maximum absolute atomic E-state index is 12.6. The molecule has 1 fully saturated rings. The number of hydrogen-bond acceptors (Lipinski definition) is 3. The second-order valence-corrected chi connectivity index (χ2v) is 6.29. The third-order valence-electron chi connectivity index (χ3n) is 4.30. The lowest BCUT2D eigenvalue weighted by atomic mass is 9.79. The lowest BCUT2D eigenvalue weighted by Crippen LogP contribution is -2.49. The Kier molecular flexibility index (Phi) is 5.33. The van der Waals surface area contributed by atoms with E-state index < -0.39 is 5.41 Å². The lowest BCUT2D eigenvalue weighted by molar-refractivity contribution is -0.128. The molecule has 1 aromatic rings. The lowest BCUT2D eigenvalue weighted by Gasteiger charge is -2.30. The van der Waals surface area contributed by atoms with Crippen molar-refractivity contribution in [1.82, 2.24) is 15.1 Å². The molecule has 0 aromatic carbocycles. The highest BCUT2D eigenvalue weighted by Crippen LogP contribution is 2.35. The first-order valence-corrected chi connectivity index (χ1v) is 8.02. The van der Waals surface area contributed by atoms with Gasteiger partial charge in [-0.25, -0.2) is 0 Å². The Hall–Kier alpha value is -1.43. The SMILES string of the molecule is Cn1ccc(CCNC(=O)C2(C(N)=S)CCCCCC2)n1. The van der Waals surface area contributed by atoms with Crippen LogP contribution in [0.2, 0.25) is 0 Å². The molecule has 0 spiro atoms. The fourth-order valence-corrected chi connectivity index (χ4v) is 3.28. The van der Waals surface area contributed by atoms with E-state index >= 15 is 0 Å². The zero-order valence-corrected chi connectivity index (χ0v) is 13.4. The van der Waals surface area contributed by atoms with Crippen LogP contribution in [0.15, 0.2) is 12.3 Å². The van der Waals surface area contributed by atoms with Crippen molar-refractivity contribution in [2.24, 2.45) is 18.2 Å². The van der Waals surface area contributed by atoms with Gasteiger partial charge in [0.25, 0.3) is 0 Å². The molecule has 2 rings (SSSR count). The van der Waals surface area contributed by atoms with Crippen LogP contribution in [0.1, 0.15) is 44.2 Å². The Morgan fingerprint density at radius 2 is 2.10 bits per heavy atom. The second-order valence-electron chi connectivity index (χ2n) is 5.85. The number of aromatic nitrogens is 2. The van der Waals surface area contributed by atoms with E-state index in [9.17, 15) is 4.79 Å². The molecule has 0 radical (unpaired) electrons. The van der Waals surface area contributed by atoms with Crippen LogP contribution in [-0.4, -0.2) is 27.2 Å². The first kappa shape index (κ1) is 15.9. The number of nitrogens with one attached hydrogen (secondary N) is 1. The van der Waals surface area contributed by atoms with Crippen molar-refractivity contribution in [2.45, 2.75) is 44.9 Å². The van der Waals surface area contributed by atoms with E-state index in [0.717, 1.165) is 50.6 Å². The van der Waals surface area contributed by atoms with Crippen LogP contribution in [0.25, 0.3) is 0 Å². The zero-order valence-electron chi connectivity index (χ0n) is 12.6. The van der Waals surface area contributed by atoms with E-state index in [1.54, 1.807) is 4.68 Å². The number of aryl methyl sites for hydroxylation is 1. The number of carbonyl (C=O) groups is 1. The van der Waals surface area contributed by atoms with E-state index in [1.807, 2.05) is 19.3 Å². The Morgan fingerprint density at radius 3 is 2.62 bits per heavy atom. The third kappa shape index (κ3) is 3.81. The van der Waals surface area contributed by atoms with Gasteiger partial charge in [-0.3, -0.25) is 9.48 Å². The molecule has 1 saturated carbocycles. The van der Waals surface area contributed by atoms with E-state index in [4.69, 9.17) is 18.0 Å². The molecule has 21 heavy (non-hydrogen) atoms. The van der Waals surface area contributed by atoms with Crippen molar-refractivity contribution in [3.63, 3.8) is 0 Å². The molecular weight excluding hydrogens is 284 g/mol. The van der Waals surface area contributed by atoms with Gasteiger partial charge in [-0.1, -0.05) is 37.9 Å². The molecule has 0 saturated heterocycles. The second kappa shape index (κ2) is 7.02. The smallest absolute Gasteiger partial charge is 0.233 e. The van der Waals surface area contributed by atoms with Gasteiger partial charge in [0.1, 0.15) is 0 Å². The molecule has 0 bridgehead atoms. The molecule has 1 aromatic heterocycles. The van der Waals surface area contributed by atoms with Gasteiger partial charge in [-0.05, 0) is 18.9 Å². The highest BCUT2D eigenvalue weighted by atomic mass is 32.1. The van der Waals surface area contributed by atoms with Crippen LogP contribution >= 0.6 is 12.2 Å². The minimum absolute atomic E-state index is 0.00664.